The van der Waals surface area contributed by atoms with Gasteiger partial charge in [-0.3, -0.25) is 20.0 Å². The van der Waals surface area contributed by atoms with Crippen molar-refractivity contribution >= 4 is 17.3 Å². The predicted octanol–water partition coefficient (Wildman–Crippen LogP) is 1.67. The zero-order valence-electron chi connectivity index (χ0n) is 11.4. The molecule has 9 nitrogen and oxygen atoms in total. The number of anilines is 1. The van der Waals surface area contributed by atoms with Gasteiger partial charge in [0.15, 0.2) is 0 Å². The van der Waals surface area contributed by atoms with E-state index in [9.17, 15) is 14.9 Å². The Morgan fingerprint density at radius 1 is 1.52 bits per heavy atom. The topological polar surface area (TPSA) is 123 Å². The van der Waals surface area contributed by atoms with E-state index in [1.54, 1.807) is 13.8 Å². The molecule has 0 saturated carbocycles. The van der Waals surface area contributed by atoms with Gasteiger partial charge in [0.05, 0.1) is 17.6 Å². The van der Waals surface area contributed by atoms with Crippen LogP contribution in [0.25, 0.3) is 0 Å². The molecule has 0 fully saturated rings. The van der Waals surface area contributed by atoms with E-state index in [0.717, 1.165) is 0 Å². The Labute approximate surface area is 119 Å². The molecule has 0 bridgehead atoms. The number of nitrogens with one attached hydrogen (secondary N) is 2. The molecule has 2 N–H and O–H groups in total. The maximum Gasteiger partial charge on any atom is 0.296 e. The molecule has 0 aliphatic rings. The molecule has 0 radical (unpaired) electrons. The monoisotopic (exact) mass is 291 g/mol. The van der Waals surface area contributed by atoms with Crippen LogP contribution < -0.4 is 10.1 Å². The first-order chi connectivity index (χ1) is 10.0. The molecule has 9 heteroatoms. The first kappa shape index (κ1) is 14.4. The summed E-state index contributed by atoms with van der Waals surface area (Å²) in [6.07, 6.45) is 0. The quantitative estimate of drug-likeness (QED) is 0.638. The number of ether oxygens (including phenoxy) is 1. The largest absolute Gasteiger partial charge is 0.494 e. The van der Waals surface area contributed by atoms with E-state index in [1.165, 1.54) is 18.2 Å². The molecule has 0 aliphatic heterocycles. The van der Waals surface area contributed by atoms with E-state index >= 15 is 0 Å². The maximum atomic E-state index is 11.9. The van der Waals surface area contributed by atoms with Gasteiger partial charge in [-0.25, -0.2) is 4.98 Å². The molecule has 0 atom stereocenters. The van der Waals surface area contributed by atoms with Crippen molar-refractivity contribution in [3.63, 3.8) is 0 Å². The molecule has 1 aromatic carbocycles. The summed E-state index contributed by atoms with van der Waals surface area (Å²) in [6, 6.07) is 4.19. The number of aromatic nitrogens is 3. The number of rotatable bonds is 5. The lowest BCUT2D eigenvalue weighted by Gasteiger charge is -2.07. The summed E-state index contributed by atoms with van der Waals surface area (Å²) in [5.74, 6) is 0.111. The molecule has 0 saturated heterocycles. The lowest BCUT2D eigenvalue weighted by molar-refractivity contribution is -0.384. The average Bonchev–Trinajstić information content (AvgIpc) is 2.87. The van der Waals surface area contributed by atoms with E-state index in [1.807, 2.05) is 0 Å². The summed E-state index contributed by atoms with van der Waals surface area (Å²) in [5, 5.41) is 19.7. The number of hydrogen-bond acceptors (Lipinski definition) is 6. The molecule has 21 heavy (non-hydrogen) atoms. The predicted molar refractivity (Wildman–Crippen MR) is 73.3 cm³/mol. The SMILES string of the molecule is CCOc1ccc(NC(=O)c2n[nH]c(C)n2)c([N+](=O)[O-])c1. The molecule has 0 unspecified atom stereocenters. The molecular weight excluding hydrogens is 278 g/mol. The maximum absolute atomic E-state index is 11.9. The second kappa shape index (κ2) is 5.99. The highest BCUT2D eigenvalue weighted by atomic mass is 16.6. The van der Waals surface area contributed by atoms with Gasteiger partial charge in [-0.15, -0.1) is 5.10 Å². The Balaban J connectivity index is 2.26. The highest BCUT2D eigenvalue weighted by Gasteiger charge is 2.19. The van der Waals surface area contributed by atoms with Gasteiger partial charge in [-0.05, 0) is 26.0 Å². The molecule has 110 valence electrons. The number of carbonyl (C=O) groups excluding carboxylic acids is 1. The van der Waals surface area contributed by atoms with Crippen LogP contribution in [0.4, 0.5) is 11.4 Å². The van der Waals surface area contributed by atoms with Gasteiger partial charge in [-0.2, -0.15) is 0 Å². The minimum absolute atomic E-state index is 0.0518. The smallest absolute Gasteiger partial charge is 0.296 e. The van der Waals surface area contributed by atoms with Crippen molar-refractivity contribution in [3.8, 4) is 5.75 Å². The van der Waals surface area contributed by atoms with E-state index in [4.69, 9.17) is 4.74 Å². The minimum atomic E-state index is -0.633. The van der Waals surface area contributed by atoms with Crippen molar-refractivity contribution in [1.29, 1.82) is 0 Å². The van der Waals surface area contributed by atoms with E-state index < -0.39 is 10.8 Å². The molecule has 2 rings (SSSR count). The van der Waals surface area contributed by atoms with Crippen LogP contribution >= 0.6 is 0 Å². The van der Waals surface area contributed by atoms with Gasteiger partial charge in [0, 0.05) is 0 Å². The zero-order chi connectivity index (χ0) is 15.4. The van der Waals surface area contributed by atoms with Crippen LogP contribution in [0, 0.1) is 17.0 Å². The Kier molecular flexibility index (Phi) is 4.12. The third-order valence-corrected chi connectivity index (χ3v) is 2.53. The fourth-order valence-electron chi connectivity index (χ4n) is 1.65. The molecular formula is C12H13N5O4. The summed E-state index contributed by atoms with van der Waals surface area (Å²) in [5.41, 5.74) is -0.211. The number of nitrogens with zero attached hydrogens (tertiary/aromatic N) is 3. The number of H-pyrrole nitrogens is 1. The highest BCUT2D eigenvalue weighted by Crippen LogP contribution is 2.29. The molecule has 1 aromatic heterocycles. The second-order valence-corrected chi connectivity index (χ2v) is 4.07. The van der Waals surface area contributed by atoms with Crippen LogP contribution in [-0.2, 0) is 0 Å². The Morgan fingerprint density at radius 3 is 2.86 bits per heavy atom. The Bertz CT molecular complexity index is 682. The number of aromatic amines is 1. The average molecular weight is 291 g/mol. The lowest BCUT2D eigenvalue weighted by atomic mass is 10.2. The van der Waals surface area contributed by atoms with Gasteiger partial charge in [0.25, 0.3) is 11.6 Å². The number of hydrogen-bond donors (Lipinski definition) is 2. The number of benzene rings is 1. The van der Waals surface area contributed by atoms with Crippen LogP contribution in [-0.4, -0.2) is 32.6 Å². The van der Waals surface area contributed by atoms with Gasteiger partial charge in [0.1, 0.15) is 17.3 Å². The standard InChI is InChI=1S/C12H13N5O4/c1-3-21-8-4-5-9(10(6-8)17(19)20)14-12(18)11-13-7(2)15-16-11/h4-6H,3H2,1-2H3,(H,14,18)(H,13,15,16). The van der Waals surface area contributed by atoms with E-state index in [2.05, 4.69) is 20.5 Å². The van der Waals surface area contributed by atoms with Crippen molar-refractivity contribution in [2.45, 2.75) is 13.8 Å². The van der Waals surface area contributed by atoms with Crippen molar-refractivity contribution in [3.05, 3.63) is 40.0 Å². The van der Waals surface area contributed by atoms with Crippen LogP contribution in [0.15, 0.2) is 18.2 Å². The van der Waals surface area contributed by atoms with Gasteiger partial charge in [-0.1, -0.05) is 0 Å². The normalized spacial score (nSPS) is 10.2. The first-order valence-electron chi connectivity index (χ1n) is 6.13. The lowest BCUT2D eigenvalue weighted by Crippen LogP contribution is -2.15. The third-order valence-electron chi connectivity index (χ3n) is 2.53. The number of carbonyl (C=O) groups is 1. The zero-order valence-corrected chi connectivity index (χ0v) is 11.4. The van der Waals surface area contributed by atoms with Crippen molar-refractivity contribution in [2.24, 2.45) is 0 Å². The van der Waals surface area contributed by atoms with Crippen LogP contribution in [0.2, 0.25) is 0 Å². The molecule has 2 aromatic rings. The van der Waals surface area contributed by atoms with Gasteiger partial charge in [0.2, 0.25) is 5.82 Å². The van der Waals surface area contributed by atoms with Crippen molar-refractivity contribution < 1.29 is 14.5 Å². The van der Waals surface area contributed by atoms with Crippen molar-refractivity contribution in [2.75, 3.05) is 11.9 Å². The molecule has 1 heterocycles. The second-order valence-electron chi connectivity index (χ2n) is 4.07. The summed E-state index contributed by atoms with van der Waals surface area (Å²) < 4.78 is 5.20. The fourth-order valence-corrected chi connectivity index (χ4v) is 1.65. The summed E-state index contributed by atoms with van der Waals surface area (Å²) in [7, 11) is 0. The van der Waals surface area contributed by atoms with E-state index in [0.29, 0.717) is 18.2 Å². The minimum Gasteiger partial charge on any atom is -0.494 e. The number of nitro groups is 1. The first-order valence-corrected chi connectivity index (χ1v) is 6.13. The molecule has 1 amide bonds. The number of aryl methyl sites for hydroxylation is 1. The van der Waals surface area contributed by atoms with Crippen LogP contribution in [0.3, 0.4) is 0 Å². The Morgan fingerprint density at radius 2 is 2.29 bits per heavy atom. The number of amides is 1. The highest BCUT2D eigenvalue weighted by molar-refractivity contribution is 6.02. The Hall–Kier alpha value is -2.97. The molecule has 0 spiro atoms. The third kappa shape index (κ3) is 3.32. The molecule has 0 aliphatic carbocycles. The van der Waals surface area contributed by atoms with Gasteiger partial charge < -0.3 is 10.1 Å². The van der Waals surface area contributed by atoms with Crippen molar-refractivity contribution in [1.82, 2.24) is 15.2 Å². The summed E-state index contributed by atoms with van der Waals surface area (Å²) in [4.78, 5) is 26.2. The summed E-state index contributed by atoms with van der Waals surface area (Å²) in [6.45, 7) is 3.80. The van der Waals surface area contributed by atoms with E-state index in [-0.39, 0.29) is 17.2 Å². The summed E-state index contributed by atoms with van der Waals surface area (Å²) >= 11 is 0. The van der Waals surface area contributed by atoms with Crippen LogP contribution in [0.5, 0.6) is 5.75 Å². The van der Waals surface area contributed by atoms with Crippen LogP contribution in [0.1, 0.15) is 23.4 Å². The number of nitro benzene ring substituents is 1. The fraction of sp³-hybridized carbons (Fsp3) is 0.250. The van der Waals surface area contributed by atoms with Gasteiger partial charge >= 0.3 is 0 Å².